The van der Waals surface area contributed by atoms with Gasteiger partial charge in [-0.25, -0.2) is 4.39 Å². The number of hydrogen-bond donors (Lipinski definition) is 1. The summed E-state index contributed by atoms with van der Waals surface area (Å²) < 4.78 is 13.2. The monoisotopic (exact) mass is 434 g/mol. The molecule has 33 heavy (non-hydrogen) atoms. The first-order valence-electron chi connectivity index (χ1n) is 10.7. The quantitative estimate of drug-likeness (QED) is 0.280. The molecule has 0 radical (unpaired) electrons. The molecule has 0 spiro atoms. The van der Waals surface area contributed by atoms with Gasteiger partial charge in [-0.05, 0) is 78.1 Å². The van der Waals surface area contributed by atoms with Gasteiger partial charge < -0.3 is 5.32 Å². The van der Waals surface area contributed by atoms with Crippen molar-refractivity contribution in [1.82, 2.24) is 0 Å². The Hall–Kier alpha value is -4.23. The van der Waals surface area contributed by atoms with Gasteiger partial charge in [-0.2, -0.15) is 5.26 Å². The smallest absolute Gasteiger partial charge is 0.266 e. The molecule has 0 aliphatic heterocycles. The molecule has 0 aromatic heterocycles. The van der Waals surface area contributed by atoms with Crippen molar-refractivity contribution in [2.45, 2.75) is 20.3 Å². The minimum atomic E-state index is -0.533. The van der Waals surface area contributed by atoms with Gasteiger partial charge in [-0.3, -0.25) is 4.79 Å². The predicted molar refractivity (Wildman–Crippen MR) is 131 cm³/mol. The number of amides is 1. The first kappa shape index (κ1) is 22.0. The van der Waals surface area contributed by atoms with E-state index in [0.717, 1.165) is 21.9 Å². The summed E-state index contributed by atoms with van der Waals surface area (Å²) in [4.78, 5) is 12.8. The fourth-order valence-electron chi connectivity index (χ4n) is 4.08. The Morgan fingerprint density at radius 2 is 1.67 bits per heavy atom. The molecule has 4 rings (SSSR count). The van der Waals surface area contributed by atoms with Gasteiger partial charge >= 0.3 is 0 Å². The normalized spacial score (nSPS) is 11.3. The number of hydrogen-bond acceptors (Lipinski definition) is 2. The fourth-order valence-corrected chi connectivity index (χ4v) is 4.08. The molecule has 0 unspecified atom stereocenters. The van der Waals surface area contributed by atoms with Gasteiger partial charge in [-0.15, -0.1) is 0 Å². The van der Waals surface area contributed by atoms with E-state index in [9.17, 15) is 14.4 Å². The predicted octanol–water partition coefficient (Wildman–Crippen LogP) is 6.73. The van der Waals surface area contributed by atoms with Crippen molar-refractivity contribution >= 4 is 28.4 Å². The molecule has 4 aromatic rings. The molecule has 0 bridgehead atoms. The maximum absolute atomic E-state index is 13.2. The van der Waals surface area contributed by atoms with Crippen LogP contribution in [0.3, 0.4) is 0 Å². The SMILES string of the molecule is Cc1cc(C)cc(Cc2ccc3ccccc3c2/C=C(\C#N)C(=O)Nc2ccc(F)cc2)c1. The Labute approximate surface area is 192 Å². The van der Waals surface area contributed by atoms with Crippen LogP contribution in [0, 0.1) is 31.0 Å². The third kappa shape index (κ3) is 5.16. The third-order valence-electron chi connectivity index (χ3n) is 5.49. The van der Waals surface area contributed by atoms with E-state index in [4.69, 9.17) is 0 Å². The molecule has 0 saturated heterocycles. The van der Waals surface area contributed by atoms with Gasteiger partial charge in [-0.1, -0.05) is 65.7 Å². The lowest BCUT2D eigenvalue weighted by atomic mass is 9.92. The lowest BCUT2D eigenvalue weighted by Gasteiger charge is -2.13. The summed E-state index contributed by atoms with van der Waals surface area (Å²) in [6, 6.07) is 26.0. The van der Waals surface area contributed by atoms with Crippen LogP contribution in [0.1, 0.15) is 27.8 Å². The lowest BCUT2D eigenvalue weighted by molar-refractivity contribution is -0.112. The maximum atomic E-state index is 13.2. The van der Waals surface area contributed by atoms with Crippen LogP contribution in [-0.4, -0.2) is 5.91 Å². The van der Waals surface area contributed by atoms with Gasteiger partial charge in [0.25, 0.3) is 5.91 Å². The van der Waals surface area contributed by atoms with Crippen molar-refractivity contribution in [3.8, 4) is 6.07 Å². The molecule has 4 aromatic carbocycles. The second-order valence-electron chi connectivity index (χ2n) is 8.16. The molecule has 1 amide bonds. The number of fused-ring (bicyclic) bond motifs is 1. The van der Waals surface area contributed by atoms with Gasteiger partial charge in [0.15, 0.2) is 0 Å². The van der Waals surface area contributed by atoms with Crippen LogP contribution in [0.2, 0.25) is 0 Å². The summed E-state index contributed by atoms with van der Waals surface area (Å²) in [5.41, 5.74) is 5.85. The maximum Gasteiger partial charge on any atom is 0.266 e. The number of nitrogens with one attached hydrogen (secondary N) is 1. The van der Waals surface area contributed by atoms with E-state index in [1.54, 1.807) is 6.08 Å². The summed E-state index contributed by atoms with van der Waals surface area (Å²) in [6.07, 6.45) is 2.33. The second-order valence-corrected chi connectivity index (χ2v) is 8.16. The minimum absolute atomic E-state index is 0.0163. The first-order chi connectivity index (χ1) is 15.9. The second kappa shape index (κ2) is 9.50. The van der Waals surface area contributed by atoms with Crippen molar-refractivity contribution < 1.29 is 9.18 Å². The minimum Gasteiger partial charge on any atom is -0.321 e. The molecule has 162 valence electrons. The molecule has 0 atom stereocenters. The van der Waals surface area contributed by atoms with Gasteiger partial charge in [0.2, 0.25) is 0 Å². The van der Waals surface area contributed by atoms with Crippen molar-refractivity contribution in [1.29, 1.82) is 5.26 Å². The van der Waals surface area contributed by atoms with Crippen molar-refractivity contribution in [3.63, 3.8) is 0 Å². The number of carbonyl (C=O) groups excluding carboxylic acids is 1. The molecule has 1 N–H and O–H groups in total. The van der Waals surface area contributed by atoms with Gasteiger partial charge in [0.05, 0.1) is 0 Å². The Bertz CT molecular complexity index is 1390. The number of anilines is 1. The topological polar surface area (TPSA) is 52.9 Å². The molecule has 0 aliphatic carbocycles. The van der Waals surface area contributed by atoms with Gasteiger partial charge in [0.1, 0.15) is 17.5 Å². The van der Waals surface area contributed by atoms with Crippen LogP contribution in [0.25, 0.3) is 16.8 Å². The summed E-state index contributed by atoms with van der Waals surface area (Å²) in [7, 11) is 0. The van der Waals surface area contributed by atoms with Crippen molar-refractivity contribution in [3.05, 3.63) is 118 Å². The lowest BCUT2D eigenvalue weighted by Crippen LogP contribution is -2.13. The van der Waals surface area contributed by atoms with E-state index in [-0.39, 0.29) is 5.57 Å². The van der Waals surface area contributed by atoms with E-state index >= 15 is 0 Å². The Morgan fingerprint density at radius 1 is 0.970 bits per heavy atom. The van der Waals surface area contributed by atoms with Gasteiger partial charge in [0, 0.05) is 5.69 Å². The van der Waals surface area contributed by atoms with Crippen LogP contribution in [0.15, 0.2) is 84.4 Å². The number of benzene rings is 4. The van der Waals surface area contributed by atoms with E-state index in [1.165, 1.54) is 41.0 Å². The van der Waals surface area contributed by atoms with Crippen LogP contribution < -0.4 is 5.32 Å². The Balaban J connectivity index is 1.77. The van der Waals surface area contributed by atoms with Crippen LogP contribution in [0.4, 0.5) is 10.1 Å². The van der Waals surface area contributed by atoms with E-state index < -0.39 is 11.7 Å². The molecule has 0 saturated carbocycles. The molecule has 0 heterocycles. The Kier molecular flexibility index (Phi) is 6.33. The number of nitriles is 1. The number of carbonyl (C=O) groups is 1. The summed E-state index contributed by atoms with van der Waals surface area (Å²) >= 11 is 0. The largest absolute Gasteiger partial charge is 0.321 e. The summed E-state index contributed by atoms with van der Waals surface area (Å²) in [5.74, 6) is -0.926. The average molecular weight is 435 g/mol. The Morgan fingerprint density at radius 3 is 2.36 bits per heavy atom. The van der Waals surface area contributed by atoms with Crippen molar-refractivity contribution in [2.75, 3.05) is 5.32 Å². The first-order valence-corrected chi connectivity index (χ1v) is 10.7. The zero-order chi connectivity index (χ0) is 23.4. The number of halogens is 1. The number of aryl methyl sites for hydroxylation is 2. The van der Waals surface area contributed by atoms with Crippen LogP contribution >= 0.6 is 0 Å². The molecule has 4 heteroatoms. The average Bonchev–Trinajstić information content (AvgIpc) is 2.79. The van der Waals surface area contributed by atoms with E-state index in [1.807, 2.05) is 30.3 Å². The third-order valence-corrected chi connectivity index (χ3v) is 5.49. The molecular weight excluding hydrogens is 411 g/mol. The molecule has 0 fully saturated rings. The fraction of sp³-hybridized carbons (Fsp3) is 0.103. The highest BCUT2D eigenvalue weighted by Crippen LogP contribution is 2.28. The van der Waals surface area contributed by atoms with Crippen LogP contribution in [-0.2, 0) is 11.2 Å². The zero-order valence-electron chi connectivity index (χ0n) is 18.5. The highest BCUT2D eigenvalue weighted by molar-refractivity contribution is 6.11. The number of rotatable bonds is 5. The zero-order valence-corrected chi connectivity index (χ0v) is 18.5. The standard InChI is InChI=1S/C29H23FN2O/c1-19-13-20(2)15-21(14-19)16-23-8-7-22-5-3-4-6-27(22)28(23)17-24(18-31)29(33)32-26-11-9-25(30)10-12-26/h3-15,17H,16H2,1-2H3,(H,32,33)/b24-17+. The molecule has 3 nitrogen and oxygen atoms in total. The van der Waals surface area contributed by atoms with E-state index in [2.05, 4.69) is 49.5 Å². The summed E-state index contributed by atoms with van der Waals surface area (Å²) in [6.45, 7) is 4.15. The highest BCUT2D eigenvalue weighted by atomic mass is 19.1. The van der Waals surface area contributed by atoms with Crippen molar-refractivity contribution in [2.24, 2.45) is 0 Å². The summed E-state index contributed by atoms with van der Waals surface area (Å²) in [5, 5.41) is 14.4. The highest BCUT2D eigenvalue weighted by Gasteiger charge is 2.14. The molecule has 0 aliphatic rings. The van der Waals surface area contributed by atoms with Crippen LogP contribution in [0.5, 0.6) is 0 Å². The molecular formula is C29H23FN2O. The van der Waals surface area contributed by atoms with E-state index in [0.29, 0.717) is 12.1 Å². The number of nitrogens with zero attached hydrogens (tertiary/aromatic N) is 1.